The number of rotatable bonds is 7. The van der Waals surface area contributed by atoms with Gasteiger partial charge in [-0.3, -0.25) is 4.79 Å². The second-order valence-electron chi connectivity index (χ2n) is 4.86. The third kappa shape index (κ3) is 3.90. The number of thioether (sulfide) groups is 1. The lowest BCUT2D eigenvalue weighted by Crippen LogP contribution is -2.13. The molecule has 0 saturated carbocycles. The van der Waals surface area contributed by atoms with E-state index in [-0.39, 0.29) is 11.7 Å². The van der Waals surface area contributed by atoms with Crippen molar-refractivity contribution in [3.8, 4) is 0 Å². The van der Waals surface area contributed by atoms with Crippen LogP contribution in [0, 0.1) is 5.92 Å². The van der Waals surface area contributed by atoms with Crippen molar-refractivity contribution >= 4 is 40.4 Å². The second kappa shape index (κ2) is 7.15. The molecule has 0 saturated heterocycles. The molecule has 0 aliphatic heterocycles. The lowest BCUT2D eigenvalue weighted by atomic mass is 10.2. The zero-order valence-corrected chi connectivity index (χ0v) is 13.4. The summed E-state index contributed by atoms with van der Waals surface area (Å²) in [6.45, 7) is 3.40. The number of carbonyl (C=O) groups is 1. The first kappa shape index (κ1) is 16.1. The summed E-state index contributed by atoms with van der Waals surface area (Å²) in [6.07, 6.45) is 0. The van der Waals surface area contributed by atoms with E-state index in [9.17, 15) is 4.79 Å². The Kier molecular flexibility index (Phi) is 5.50. The zero-order valence-electron chi connectivity index (χ0n) is 11.9. The van der Waals surface area contributed by atoms with Crippen LogP contribution >= 0.6 is 23.4 Å². The summed E-state index contributed by atoms with van der Waals surface area (Å²) in [7, 11) is 1.67. The highest BCUT2D eigenvalue weighted by Crippen LogP contribution is 2.29. The molecule has 0 spiro atoms. The normalized spacial score (nSPS) is 12.7. The third-order valence-electron chi connectivity index (χ3n) is 2.96. The SMILES string of the molecule is COCC(C)Cn1c(SCC(=O)O)nc2c(Cl)cccc21. The van der Waals surface area contributed by atoms with Gasteiger partial charge in [0.1, 0.15) is 5.52 Å². The zero-order chi connectivity index (χ0) is 15.4. The molecule has 0 aliphatic carbocycles. The van der Waals surface area contributed by atoms with Crippen molar-refractivity contribution in [2.45, 2.75) is 18.6 Å². The van der Waals surface area contributed by atoms with Crippen LogP contribution in [0.5, 0.6) is 0 Å². The molecule has 0 amide bonds. The number of fused-ring (bicyclic) bond motifs is 1. The Hall–Kier alpha value is -1.24. The molecule has 0 radical (unpaired) electrons. The van der Waals surface area contributed by atoms with E-state index in [1.54, 1.807) is 13.2 Å². The average molecular weight is 329 g/mol. The van der Waals surface area contributed by atoms with Crippen LogP contribution in [0.1, 0.15) is 6.92 Å². The third-order valence-corrected chi connectivity index (χ3v) is 4.23. The van der Waals surface area contributed by atoms with Gasteiger partial charge in [-0.1, -0.05) is 36.4 Å². The van der Waals surface area contributed by atoms with Crippen LogP contribution in [0.15, 0.2) is 23.4 Å². The molecule has 2 rings (SSSR count). The molecule has 5 nitrogen and oxygen atoms in total. The summed E-state index contributed by atoms with van der Waals surface area (Å²) < 4.78 is 7.18. The van der Waals surface area contributed by atoms with E-state index in [0.717, 1.165) is 5.52 Å². The van der Waals surface area contributed by atoms with E-state index in [1.165, 1.54) is 11.8 Å². The van der Waals surface area contributed by atoms with Gasteiger partial charge in [0.25, 0.3) is 0 Å². The summed E-state index contributed by atoms with van der Waals surface area (Å²) in [5, 5.41) is 10.1. The van der Waals surface area contributed by atoms with Crippen molar-refractivity contribution < 1.29 is 14.6 Å². The van der Waals surface area contributed by atoms with Crippen LogP contribution in [0.2, 0.25) is 5.02 Å². The molecule has 1 atom stereocenters. The summed E-state index contributed by atoms with van der Waals surface area (Å²) in [6, 6.07) is 5.60. The number of ether oxygens (including phenoxy) is 1. The Bertz CT molecular complexity index is 644. The van der Waals surface area contributed by atoms with Crippen LogP contribution in [-0.2, 0) is 16.1 Å². The maximum absolute atomic E-state index is 10.8. The molecule has 1 aromatic carbocycles. The molecule has 0 aliphatic rings. The standard InChI is InChI=1S/C14H17ClN2O3S/c1-9(7-20-2)6-17-11-5-3-4-10(15)13(11)16-14(17)21-8-12(18)19/h3-5,9H,6-8H2,1-2H3,(H,18,19). The number of hydrogen-bond acceptors (Lipinski definition) is 4. The number of nitrogens with zero attached hydrogens (tertiary/aromatic N) is 2. The monoisotopic (exact) mass is 328 g/mol. The van der Waals surface area contributed by atoms with E-state index < -0.39 is 5.97 Å². The summed E-state index contributed by atoms with van der Waals surface area (Å²) >= 11 is 7.38. The molecule has 1 aromatic heterocycles. The van der Waals surface area contributed by atoms with Gasteiger partial charge >= 0.3 is 5.97 Å². The number of methoxy groups -OCH3 is 1. The van der Waals surface area contributed by atoms with Gasteiger partial charge in [-0.15, -0.1) is 0 Å². The quantitative estimate of drug-likeness (QED) is 0.791. The number of aromatic nitrogens is 2. The van der Waals surface area contributed by atoms with E-state index in [0.29, 0.717) is 28.8 Å². The van der Waals surface area contributed by atoms with E-state index in [4.69, 9.17) is 21.4 Å². The first-order valence-corrected chi connectivity index (χ1v) is 7.87. The Balaban J connectivity index is 2.39. The van der Waals surface area contributed by atoms with Crippen molar-refractivity contribution in [3.63, 3.8) is 0 Å². The highest BCUT2D eigenvalue weighted by atomic mass is 35.5. The van der Waals surface area contributed by atoms with Crippen LogP contribution < -0.4 is 0 Å². The van der Waals surface area contributed by atoms with Gasteiger partial charge in [-0.05, 0) is 18.1 Å². The fourth-order valence-corrected chi connectivity index (χ4v) is 3.10. The number of para-hydroxylation sites is 1. The predicted octanol–water partition coefficient (Wildman–Crippen LogP) is 3.15. The van der Waals surface area contributed by atoms with Gasteiger partial charge in [0.2, 0.25) is 0 Å². The van der Waals surface area contributed by atoms with E-state index in [2.05, 4.69) is 11.9 Å². The number of carboxylic acids is 1. The van der Waals surface area contributed by atoms with Gasteiger partial charge in [0.15, 0.2) is 5.16 Å². The Morgan fingerprint density at radius 2 is 2.33 bits per heavy atom. The largest absolute Gasteiger partial charge is 0.481 e. The Morgan fingerprint density at radius 1 is 1.57 bits per heavy atom. The Labute approximate surface area is 132 Å². The molecule has 7 heteroatoms. The molecule has 21 heavy (non-hydrogen) atoms. The smallest absolute Gasteiger partial charge is 0.313 e. The number of carboxylic acid groups (broad SMARTS) is 1. The number of imidazole rings is 1. The minimum atomic E-state index is -0.866. The van der Waals surface area contributed by atoms with Crippen LogP contribution in [-0.4, -0.2) is 40.1 Å². The molecule has 1 heterocycles. The van der Waals surface area contributed by atoms with Gasteiger partial charge in [0.05, 0.1) is 22.9 Å². The summed E-state index contributed by atoms with van der Waals surface area (Å²) in [5.41, 5.74) is 1.62. The lowest BCUT2D eigenvalue weighted by molar-refractivity contribution is -0.133. The van der Waals surface area contributed by atoms with Gasteiger partial charge < -0.3 is 14.4 Å². The fourth-order valence-electron chi connectivity index (χ4n) is 2.15. The number of aliphatic carboxylic acids is 1. The molecular formula is C14H17ClN2O3S. The highest BCUT2D eigenvalue weighted by Gasteiger charge is 2.16. The van der Waals surface area contributed by atoms with Gasteiger partial charge in [-0.2, -0.15) is 0 Å². The van der Waals surface area contributed by atoms with Crippen molar-refractivity contribution in [3.05, 3.63) is 23.2 Å². The van der Waals surface area contributed by atoms with Gasteiger partial charge in [-0.25, -0.2) is 4.98 Å². The first-order chi connectivity index (χ1) is 10.0. The van der Waals surface area contributed by atoms with Crippen LogP contribution in [0.4, 0.5) is 0 Å². The number of halogens is 1. The average Bonchev–Trinajstić information content (AvgIpc) is 2.76. The van der Waals surface area contributed by atoms with Gasteiger partial charge in [0, 0.05) is 13.7 Å². The molecular weight excluding hydrogens is 312 g/mol. The maximum atomic E-state index is 10.8. The van der Waals surface area contributed by atoms with Crippen LogP contribution in [0.25, 0.3) is 11.0 Å². The van der Waals surface area contributed by atoms with E-state index >= 15 is 0 Å². The molecule has 1 N–H and O–H groups in total. The molecule has 0 bridgehead atoms. The molecule has 2 aromatic rings. The number of benzene rings is 1. The molecule has 114 valence electrons. The van der Waals surface area contributed by atoms with E-state index in [1.807, 2.05) is 16.7 Å². The highest BCUT2D eigenvalue weighted by molar-refractivity contribution is 7.99. The minimum Gasteiger partial charge on any atom is -0.481 e. The topological polar surface area (TPSA) is 64.3 Å². The maximum Gasteiger partial charge on any atom is 0.313 e. The molecule has 0 fully saturated rings. The van der Waals surface area contributed by atoms with Crippen molar-refractivity contribution in [2.75, 3.05) is 19.5 Å². The predicted molar refractivity (Wildman–Crippen MR) is 84.1 cm³/mol. The number of hydrogen-bond donors (Lipinski definition) is 1. The fraction of sp³-hybridized carbons (Fsp3) is 0.429. The minimum absolute atomic E-state index is 0.0282. The molecule has 1 unspecified atom stereocenters. The lowest BCUT2D eigenvalue weighted by Gasteiger charge is -2.14. The van der Waals surface area contributed by atoms with Crippen molar-refractivity contribution in [1.29, 1.82) is 0 Å². The van der Waals surface area contributed by atoms with Crippen LogP contribution in [0.3, 0.4) is 0 Å². The Morgan fingerprint density at radius 3 is 3.00 bits per heavy atom. The first-order valence-electron chi connectivity index (χ1n) is 6.51. The van der Waals surface area contributed by atoms with Crippen molar-refractivity contribution in [1.82, 2.24) is 9.55 Å². The van der Waals surface area contributed by atoms with Crippen molar-refractivity contribution in [2.24, 2.45) is 5.92 Å². The summed E-state index contributed by atoms with van der Waals surface area (Å²) in [5.74, 6) is -0.607. The second-order valence-corrected chi connectivity index (χ2v) is 6.21. The summed E-state index contributed by atoms with van der Waals surface area (Å²) in [4.78, 5) is 15.3.